The molecule has 0 aliphatic carbocycles. The molecule has 94 valence electrons. The number of benzene rings is 1. The van der Waals surface area contributed by atoms with E-state index in [4.69, 9.17) is 5.73 Å². The molecule has 1 aromatic carbocycles. The van der Waals surface area contributed by atoms with Crippen LogP contribution in [0.5, 0.6) is 5.75 Å². The zero-order valence-corrected chi connectivity index (χ0v) is 10.0. The van der Waals surface area contributed by atoms with Crippen LogP contribution < -0.4 is 5.73 Å². The maximum absolute atomic E-state index is 11.7. The Morgan fingerprint density at radius 2 is 2.12 bits per heavy atom. The van der Waals surface area contributed by atoms with E-state index < -0.39 is 21.2 Å². The van der Waals surface area contributed by atoms with Crippen molar-refractivity contribution in [3.63, 3.8) is 0 Å². The number of hydrogen-bond acceptors (Lipinski definition) is 5. The van der Waals surface area contributed by atoms with Gasteiger partial charge in [-0.15, -0.1) is 0 Å². The quantitative estimate of drug-likeness (QED) is 0.673. The third-order valence-corrected chi connectivity index (χ3v) is 5.39. The Balaban J connectivity index is 2.34. The molecular weight excluding hydrogens is 242 g/mol. The number of aliphatic hydroxyl groups excluding tert-OH is 1. The molecule has 1 heterocycles. The summed E-state index contributed by atoms with van der Waals surface area (Å²) < 4.78 is 23.4. The molecule has 0 aromatic heterocycles. The Kier molecular flexibility index (Phi) is 3.01. The van der Waals surface area contributed by atoms with E-state index >= 15 is 0 Å². The number of hydrogen-bond donors (Lipinski definition) is 3. The molecule has 0 bridgehead atoms. The molecule has 0 spiro atoms. The lowest BCUT2D eigenvalue weighted by Crippen LogP contribution is -2.24. The Bertz CT molecular complexity index is 526. The van der Waals surface area contributed by atoms with Crippen LogP contribution in [0.1, 0.15) is 24.5 Å². The van der Waals surface area contributed by atoms with Crippen LogP contribution in [0.15, 0.2) is 18.2 Å². The van der Waals surface area contributed by atoms with Crippen molar-refractivity contribution < 1.29 is 18.6 Å². The fourth-order valence-corrected chi connectivity index (χ4v) is 4.14. The molecule has 1 aromatic rings. The highest BCUT2D eigenvalue weighted by atomic mass is 32.2. The average Bonchev–Trinajstić information content (AvgIpc) is 2.57. The van der Waals surface area contributed by atoms with Crippen molar-refractivity contribution in [2.75, 3.05) is 11.5 Å². The summed E-state index contributed by atoms with van der Waals surface area (Å²) in [5.74, 6) is 0.111. The first-order chi connectivity index (χ1) is 7.92. The van der Waals surface area contributed by atoms with Crippen molar-refractivity contribution in [1.29, 1.82) is 0 Å². The molecule has 1 aliphatic rings. The summed E-state index contributed by atoms with van der Waals surface area (Å²) >= 11 is 0. The van der Waals surface area contributed by atoms with Gasteiger partial charge in [0.1, 0.15) is 5.75 Å². The Labute approximate surface area is 99.8 Å². The molecule has 0 amide bonds. The van der Waals surface area contributed by atoms with Crippen molar-refractivity contribution >= 4 is 15.5 Å². The molecule has 2 atom stereocenters. The average molecular weight is 257 g/mol. The topological polar surface area (TPSA) is 101 Å². The number of sulfone groups is 1. The van der Waals surface area contributed by atoms with Crippen LogP contribution in [-0.4, -0.2) is 29.6 Å². The molecule has 2 rings (SSSR count). The minimum atomic E-state index is -3.23. The van der Waals surface area contributed by atoms with Crippen LogP contribution >= 0.6 is 0 Å². The minimum Gasteiger partial charge on any atom is -0.508 e. The van der Waals surface area contributed by atoms with Crippen molar-refractivity contribution in [2.45, 2.75) is 24.2 Å². The van der Waals surface area contributed by atoms with E-state index in [2.05, 4.69) is 0 Å². The molecule has 17 heavy (non-hydrogen) atoms. The van der Waals surface area contributed by atoms with E-state index in [0.717, 1.165) is 0 Å². The van der Waals surface area contributed by atoms with Gasteiger partial charge < -0.3 is 15.9 Å². The molecule has 1 saturated heterocycles. The summed E-state index contributed by atoms with van der Waals surface area (Å²) in [5, 5.41) is 18.5. The van der Waals surface area contributed by atoms with Gasteiger partial charge >= 0.3 is 0 Å². The number of aromatic hydroxyl groups is 1. The van der Waals surface area contributed by atoms with Gasteiger partial charge in [0.25, 0.3) is 0 Å². The fraction of sp³-hybridized carbons (Fsp3) is 0.455. The highest BCUT2D eigenvalue weighted by molar-refractivity contribution is 7.92. The monoisotopic (exact) mass is 257 g/mol. The van der Waals surface area contributed by atoms with Crippen LogP contribution in [0, 0.1) is 0 Å². The first-order valence-electron chi connectivity index (χ1n) is 5.40. The molecule has 1 fully saturated rings. The summed E-state index contributed by atoms with van der Waals surface area (Å²) in [5.41, 5.74) is 6.23. The Hall–Kier alpha value is -1.27. The van der Waals surface area contributed by atoms with Crippen molar-refractivity contribution in [2.24, 2.45) is 0 Å². The van der Waals surface area contributed by atoms with E-state index in [9.17, 15) is 18.6 Å². The first-order valence-corrected chi connectivity index (χ1v) is 7.11. The predicted octanol–water partition coefficient (Wildman–Crippen LogP) is 0.585. The summed E-state index contributed by atoms with van der Waals surface area (Å²) in [4.78, 5) is 0. The van der Waals surface area contributed by atoms with E-state index in [-0.39, 0.29) is 17.2 Å². The van der Waals surface area contributed by atoms with Gasteiger partial charge in [-0.05, 0) is 18.9 Å². The predicted molar refractivity (Wildman–Crippen MR) is 64.3 cm³/mol. The van der Waals surface area contributed by atoms with E-state index in [1.165, 1.54) is 18.2 Å². The molecule has 0 saturated carbocycles. The third-order valence-electron chi connectivity index (χ3n) is 3.12. The lowest BCUT2D eigenvalue weighted by atomic mass is 10.0. The Morgan fingerprint density at radius 1 is 1.41 bits per heavy atom. The van der Waals surface area contributed by atoms with Gasteiger partial charge in [-0.25, -0.2) is 8.42 Å². The van der Waals surface area contributed by atoms with Crippen LogP contribution in [0.25, 0.3) is 0 Å². The zero-order valence-electron chi connectivity index (χ0n) is 9.20. The molecule has 2 unspecified atom stereocenters. The summed E-state index contributed by atoms with van der Waals surface area (Å²) in [7, 11) is -3.23. The fourth-order valence-electron chi connectivity index (χ4n) is 2.20. The number of aliphatic hydroxyl groups is 1. The van der Waals surface area contributed by atoms with Crippen molar-refractivity contribution in [3.05, 3.63) is 23.8 Å². The lowest BCUT2D eigenvalue weighted by molar-refractivity contribution is 0.171. The van der Waals surface area contributed by atoms with Crippen molar-refractivity contribution in [3.8, 4) is 5.75 Å². The second kappa shape index (κ2) is 4.19. The van der Waals surface area contributed by atoms with Gasteiger partial charge in [0.2, 0.25) is 0 Å². The van der Waals surface area contributed by atoms with E-state index in [1.54, 1.807) is 0 Å². The maximum Gasteiger partial charge on any atom is 0.156 e. The number of rotatable bonds is 2. The Morgan fingerprint density at radius 3 is 2.65 bits per heavy atom. The lowest BCUT2D eigenvalue weighted by Gasteiger charge is -2.19. The number of phenolic OH excluding ortho intramolecular Hbond substituents is 1. The number of anilines is 1. The molecule has 5 nitrogen and oxygen atoms in total. The second-order valence-electron chi connectivity index (χ2n) is 4.31. The van der Waals surface area contributed by atoms with Gasteiger partial charge in [0.05, 0.1) is 17.1 Å². The molecule has 0 radical (unpaired) electrons. The smallest absolute Gasteiger partial charge is 0.156 e. The van der Waals surface area contributed by atoms with Gasteiger partial charge in [-0.3, -0.25) is 0 Å². The number of nitrogens with two attached hydrogens (primary N) is 1. The van der Waals surface area contributed by atoms with Crippen LogP contribution in [-0.2, 0) is 9.84 Å². The number of nitrogen functional groups attached to an aromatic ring is 1. The van der Waals surface area contributed by atoms with E-state index in [1.807, 2.05) is 0 Å². The normalized spacial score (nSPS) is 24.6. The molecular formula is C11H15NO4S. The van der Waals surface area contributed by atoms with Crippen molar-refractivity contribution in [1.82, 2.24) is 0 Å². The van der Waals surface area contributed by atoms with Gasteiger partial charge in [0, 0.05) is 17.3 Å². The highest BCUT2D eigenvalue weighted by Crippen LogP contribution is 2.34. The van der Waals surface area contributed by atoms with Gasteiger partial charge in [-0.1, -0.05) is 6.07 Å². The molecule has 6 heteroatoms. The summed E-state index contributed by atoms with van der Waals surface area (Å²) in [6, 6.07) is 4.15. The van der Waals surface area contributed by atoms with Crippen LogP contribution in [0.3, 0.4) is 0 Å². The zero-order chi connectivity index (χ0) is 12.6. The minimum absolute atomic E-state index is 0.00673. The standard InChI is InChI=1S/C11H15NO4S/c12-9-6-7(13)3-4-8(9)11(14)10-2-1-5-17(10,15)16/h3-4,6,10-11,13-14H,1-2,5,12H2. The van der Waals surface area contributed by atoms with Crippen LogP contribution in [0.2, 0.25) is 0 Å². The maximum atomic E-state index is 11.7. The summed E-state index contributed by atoms with van der Waals surface area (Å²) in [6.45, 7) is 0. The highest BCUT2D eigenvalue weighted by Gasteiger charge is 2.38. The second-order valence-corrected chi connectivity index (χ2v) is 6.65. The molecule has 1 aliphatic heterocycles. The third kappa shape index (κ3) is 2.23. The first kappa shape index (κ1) is 12.2. The largest absolute Gasteiger partial charge is 0.508 e. The number of phenols is 1. The summed E-state index contributed by atoms with van der Waals surface area (Å²) in [6.07, 6.45) is -0.102. The molecule has 4 N–H and O–H groups in total. The SMILES string of the molecule is Nc1cc(O)ccc1C(O)C1CCCS1(=O)=O. The van der Waals surface area contributed by atoms with Gasteiger partial charge in [0.15, 0.2) is 9.84 Å². The van der Waals surface area contributed by atoms with Crippen LogP contribution in [0.4, 0.5) is 5.69 Å². The van der Waals surface area contributed by atoms with E-state index in [0.29, 0.717) is 18.4 Å². The van der Waals surface area contributed by atoms with Gasteiger partial charge in [-0.2, -0.15) is 0 Å².